The molecule has 2 N–H and O–H groups in total. The first kappa shape index (κ1) is 6.09. The van der Waals surface area contributed by atoms with Crippen LogP contribution in [0.5, 0.6) is 0 Å². The van der Waals surface area contributed by atoms with E-state index in [9.17, 15) is 0 Å². The fraction of sp³-hybridized carbons (Fsp3) is 1.00. The molecule has 0 aromatic carbocycles. The Bertz CT molecular complexity index is 57.3. The minimum Gasteiger partial charge on any atom is -0.328 e. The van der Waals surface area contributed by atoms with Crippen LogP contribution in [0.25, 0.3) is 0 Å². The molecule has 8 heavy (non-hydrogen) atoms. The molecular weight excluding hydrogens is 98.1 g/mol. The molecule has 0 spiro atoms. The smallest absolute Gasteiger partial charge is 0.00390 e. The third-order valence-corrected chi connectivity index (χ3v) is 2.06. The summed E-state index contributed by atoms with van der Waals surface area (Å²) in [5, 5.41) is 0. The fourth-order valence-electron chi connectivity index (χ4n) is 1.29. The molecule has 0 bridgehead atoms. The number of hydrogen-bond donors (Lipinski definition) is 1. The van der Waals surface area contributed by atoms with E-state index in [1.165, 1.54) is 25.7 Å². The second kappa shape index (κ2) is 2.49. The Morgan fingerprint density at radius 2 is 1.75 bits per heavy atom. The molecule has 0 saturated heterocycles. The summed E-state index contributed by atoms with van der Waals surface area (Å²) >= 11 is 0. The zero-order valence-electron chi connectivity index (χ0n) is 5.56. The van der Waals surface area contributed by atoms with Crippen LogP contribution in [0, 0.1) is 5.92 Å². The van der Waals surface area contributed by atoms with Gasteiger partial charge < -0.3 is 5.73 Å². The van der Waals surface area contributed by atoms with Gasteiger partial charge in [0.2, 0.25) is 0 Å². The molecule has 0 atom stereocenters. The van der Waals surface area contributed by atoms with Gasteiger partial charge in [0.15, 0.2) is 0 Å². The minimum atomic E-state index is 0. The maximum Gasteiger partial charge on any atom is 0.00390 e. The Hall–Kier alpha value is -0.0400. The molecule has 1 aliphatic carbocycles. The maximum atomic E-state index is 5.70. The van der Waals surface area contributed by atoms with Crippen molar-refractivity contribution in [3.8, 4) is 0 Å². The predicted molar refractivity (Wildman–Crippen MR) is 37.7 cm³/mol. The summed E-state index contributed by atoms with van der Waals surface area (Å²) in [6.45, 7) is 2.31. The van der Waals surface area contributed by atoms with E-state index in [-0.39, 0.29) is 1.43 Å². The lowest BCUT2D eigenvalue weighted by molar-refractivity contribution is 0.348. The van der Waals surface area contributed by atoms with Crippen molar-refractivity contribution in [2.24, 2.45) is 11.7 Å². The lowest BCUT2D eigenvalue weighted by atomic mass is 9.88. The highest BCUT2D eigenvalue weighted by molar-refractivity contribution is 4.70. The van der Waals surface area contributed by atoms with Crippen molar-refractivity contribution in [2.75, 3.05) is 0 Å². The maximum absolute atomic E-state index is 5.70. The van der Waals surface area contributed by atoms with Gasteiger partial charge in [-0.05, 0) is 31.6 Å². The van der Waals surface area contributed by atoms with Gasteiger partial charge in [-0.3, -0.25) is 0 Å². The van der Waals surface area contributed by atoms with Crippen LogP contribution in [0.4, 0.5) is 0 Å². The van der Waals surface area contributed by atoms with Crippen LogP contribution in [-0.4, -0.2) is 6.04 Å². The van der Waals surface area contributed by atoms with E-state index in [1.54, 1.807) is 0 Å². The monoisotopic (exact) mass is 115 g/mol. The van der Waals surface area contributed by atoms with Crippen molar-refractivity contribution in [3.05, 3.63) is 0 Å². The van der Waals surface area contributed by atoms with E-state index in [0.717, 1.165) is 5.92 Å². The first-order valence-corrected chi connectivity index (χ1v) is 3.54. The molecule has 1 nitrogen and oxygen atoms in total. The standard InChI is InChI=1S/C7H15N.H2/c1-6-2-4-7(8)5-3-6;/h6-7H,2-5,8H2,1H3;1H. The number of hydrogen-bond acceptors (Lipinski definition) is 1. The third kappa shape index (κ3) is 1.48. The lowest BCUT2D eigenvalue weighted by Crippen LogP contribution is -2.25. The molecule has 1 fully saturated rings. The van der Waals surface area contributed by atoms with Gasteiger partial charge in [0.1, 0.15) is 0 Å². The van der Waals surface area contributed by atoms with Crippen LogP contribution in [0.2, 0.25) is 0 Å². The van der Waals surface area contributed by atoms with Gasteiger partial charge in [-0.1, -0.05) is 6.92 Å². The highest BCUT2D eigenvalue weighted by Crippen LogP contribution is 2.21. The molecular formula is C7H17N. The second-order valence-corrected chi connectivity index (χ2v) is 3.02. The van der Waals surface area contributed by atoms with Crippen LogP contribution >= 0.6 is 0 Å². The summed E-state index contributed by atoms with van der Waals surface area (Å²) < 4.78 is 0. The van der Waals surface area contributed by atoms with E-state index in [2.05, 4.69) is 6.92 Å². The molecule has 0 aliphatic heterocycles. The van der Waals surface area contributed by atoms with E-state index in [4.69, 9.17) is 5.73 Å². The van der Waals surface area contributed by atoms with Crippen molar-refractivity contribution in [3.63, 3.8) is 0 Å². The van der Waals surface area contributed by atoms with Crippen LogP contribution in [0.3, 0.4) is 0 Å². The summed E-state index contributed by atoms with van der Waals surface area (Å²) in [5.41, 5.74) is 5.70. The first-order chi connectivity index (χ1) is 3.79. The molecule has 50 valence electrons. The van der Waals surface area contributed by atoms with Crippen molar-refractivity contribution in [1.29, 1.82) is 0 Å². The van der Waals surface area contributed by atoms with Crippen molar-refractivity contribution in [2.45, 2.75) is 38.6 Å². The van der Waals surface area contributed by atoms with E-state index < -0.39 is 0 Å². The Kier molecular flexibility index (Phi) is 1.90. The van der Waals surface area contributed by atoms with E-state index in [1.807, 2.05) is 0 Å². The number of nitrogens with two attached hydrogens (primary N) is 1. The molecule has 0 unspecified atom stereocenters. The molecule has 0 heterocycles. The van der Waals surface area contributed by atoms with E-state index in [0.29, 0.717) is 6.04 Å². The van der Waals surface area contributed by atoms with Gasteiger partial charge >= 0.3 is 0 Å². The Morgan fingerprint density at radius 3 is 2.12 bits per heavy atom. The highest BCUT2D eigenvalue weighted by Gasteiger charge is 2.13. The molecule has 1 aliphatic rings. The molecule has 0 aromatic rings. The highest BCUT2D eigenvalue weighted by atomic mass is 14.6. The average molecular weight is 115 g/mol. The Morgan fingerprint density at radius 1 is 1.25 bits per heavy atom. The average Bonchev–Trinajstić information content (AvgIpc) is 1.77. The van der Waals surface area contributed by atoms with Gasteiger partial charge in [0.05, 0.1) is 0 Å². The fourth-order valence-corrected chi connectivity index (χ4v) is 1.29. The second-order valence-electron chi connectivity index (χ2n) is 3.02. The van der Waals surface area contributed by atoms with Gasteiger partial charge in [-0.25, -0.2) is 0 Å². The van der Waals surface area contributed by atoms with Gasteiger partial charge in [-0.2, -0.15) is 0 Å². The van der Waals surface area contributed by atoms with Crippen molar-refractivity contribution >= 4 is 0 Å². The van der Waals surface area contributed by atoms with Crippen molar-refractivity contribution < 1.29 is 1.43 Å². The zero-order chi connectivity index (χ0) is 5.98. The molecule has 0 amide bonds. The van der Waals surface area contributed by atoms with Crippen LogP contribution in [0.1, 0.15) is 34.0 Å². The van der Waals surface area contributed by atoms with E-state index >= 15 is 0 Å². The van der Waals surface area contributed by atoms with Gasteiger partial charge in [0.25, 0.3) is 0 Å². The Labute approximate surface area is 52.7 Å². The van der Waals surface area contributed by atoms with Gasteiger partial charge in [0, 0.05) is 7.47 Å². The van der Waals surface area contributed by atoms with Crippen LogP contribution in [-0.2, 0) is 0 Å². The summed E-state index contributed by atoms with van der Waals surface area (Å²) in [6.07, 6.45) is 5.20. The third-order valence-electron chi connectivity index (χ3n) is 2.06. The first-order valence-electron chi connectivity index (χ1n) is 3.54. The minimum absolute atomic E-state index is 0. The topological polar surface area (TPSA) is 26.0 Å². The molecule has 0 radical (unpaired) electrons. The summed E-state index contributed by atoms with van der Waals surface area (Å²) in [6, 6.07) is 0.520. The molecule has 1 saturated carbocycles. The van der Waals surface area contributed by atoms with Crippen LogP contribution in [0.15, 0.2) is 0 Å². The summed E-state index contributed by atoms with van der Waals surface area (Å²) in [5.74, 6) is 0.940. The molecule has 1 heteroatoms. The largest absolute Gasteiger partial charge is 0.328 e. The van der Waals surface area contributed by atoms with Gasteiger partial charge in [-0.15, -0.1) is 0 Å². The van der Waals surface area contributed by atoms with Crippen molar-refractivity contribution in [1.82, 2.24) is 0 Å². The normalized spacial score (nSPS) is 39.8. The molecule has 1 rings (SSSR count). The quantitative estimate of drug-likeness (QED) is 0.511. The predicted octanol–water partition coefficient (Wildman–Crippen LogP) is 1.77. The van der Waals surface area contributed by atoms with Crippen LogP contribution < -0.4 is 5.73 Å². The summed E-state index contributed by atoms with van der Waals surface area (Å²) in [7, 11) is 0. The summed E-state index contributed by atoms with van der Waals surface area (Å²) in [4.78, 5) is 0. The number of rotatable bonds is 0. The molecule has 0 aromatic heterocycles. The SMILES string of the molecule is CC1CCC(N)CC1.[HH]. The lowest BCUT2D eigenvalue weighted by Gasteiger charge is -2.22. The zero-order valence-corrected chi connectivity index (χ0v) is 5.56. The Balaban J connectivity index is 0.000000640.